The Morgan fingerprint density at radius 1 is 0.912 bits per heavy atom. The van der Waals surface area contributed by atoms with Crippen LogP contribution >= 0.6 is 0 Å². The fourth-order valence-electron chi connectivity index (χ4n) is 3.86. The van der Waals surface area contributed by atoms with Crippen LogP contribution in [-0.4, -0.2) is 52.9 Å². The highest BCUT2D eigenvalue weighted by Gasteiger charge is 2.22. The van der Waals surface area contributed by atoms with Crippen LogP contribution in [0.3, 0.4) is 0 Å². The summed E-state index contributed by atoms with van der Waals surface area (Å²) in [5, 5.41) is 21.5. The molecule has 6 nitrogen and oxygen atoms in total. The molecule has 6 heteroatoms. The summed E-state index contributed by atoms with van der Waals surface area (Å²) >= 11 is 0. The average Bonchev–Trinajstić information content (AvgIpc) is 2.87. The van der Waals surface area contributed by atoms with Gasteiger partial charge in [-0.15, -0.1) is 0 Å². The third-order valence-corrected chi connectivity index (χ3v) is 5.94. The van der Waals surface area contributed by atoms with E-state index in [1.165, 1.54) is 0 Å². The van der Waals surface area contributed by atoms with E-state index < -0.39 is 18.1 Å². The van der Waals surface area contributed by atoms with Gasteiger partial charge in [0.15, 0.2) is 0 Å². The number of primary amides is 1. The highest BCUT2D eigenvalue weighted by atomic mass is 16.5. The molecule has 1 unspecified atom stereocenters. The van der Waals surface area contributed by atoms with E-state index in [0.717, 1.165) is 24.0 Å². The van der Waals surface area contributed by atoms with Crippen molar-refractivity contribution in [3.63, 3.8) is 0 Å². The number of carbonyl (C=O) groups is 1. The van der Waals surface area contributed by atoms with Gasteiger partial charge in [0.1, 0.15) is 18.5 Å². The van der Waals surface area contributed by atoms with Crippen molar-refractivity contribution < 1.29 is 19.7 Å². The zero-order valence-corrected chi connectivity index (χ0v) is 19.6. The molecule has 0 aliphatic heterocycles. The average molecular weight is 463 g/mol. The van der Waals surface area contributed by atoms with Crippen molar-refractivity contribution in [2.45, 2.75) is 38.0 Å². The van der Waals surface area contributed by atoms with Crippen molar-refractivity contribution in [3.05, 3.63) is 102 Å². The standard InChI is InChI=1S/C28H34N2O4/c1-21(12-13-22-14-16-24(17-15-22)28(29)33)30(19-27(32)23-8-4-2-5-9-23)18-25(31)20-34-26-10-6-3-7-11-26/h2-11,14-17,21,25,27,31-32H,12-13,18-20H2,1H3,(H2,29,33)/t21-,25?,27+/m1/s1. The van der Waals surface area contributed by atoms with E-state index in [9.17, 15) is 15.0 Å². The van der Waals surface area contributed by atoms with Crippen molar-refractivity contribution in [2.75, 3.05) is 19.7 Å². The number of amides is 1. The minimum absolute atomic E-state index is 0.0977. The van der Waals surface area contributed by atoms with Crippen LogP contribution in [0.1, 0.15) is 40.9 Å². The number of ether oxygens (including phenoxy) is 1. The van der Waals surface area contributed by atoms with Gasteiger partial charge in [0, 0.05) is 24.7 Å². The van der Waals surface area contributed by atoms with Gasteiger partial charge in [-0.05, 0) is 55.2 Å². The van der Waals surface area contributed by atoms with E-state index in [1.54, 1.807) is 12.1 Å². The fourth-order valence-corrected chi connectivity index (χ4v) is 3.86. The number of nitrogens with zero attached hydrogens (tertiary/aromatic N) is 1. The zero-order valence-electron chi connectivity index (χ0n) is 19.6. The van der Waals surface area contributed by atoms with E-state index in [-0.39, 0.29) is 12.6 Å². The number of benzene rings is 3. The zero-order chi connectivity index (χ0) is 24.3. The van der Waals surface area contributed by atoms with E-state index in [4.69, 9.17) is 10.5 Å². The Morgan fingerprint density at radius 2 is 1.53 bits per heavy atom. The van der Waals surface area contributed by atoms with Gasteiger partial charge in [-0.1, -0.05) is 60.7 Å². The van der Waals surface area contributed by atoms with Crippen LogP contribution in [0.5, 0.6) is 5.75 Å². The van der Waals surface area contributed by atoms with Gasteiger partial charge >= 0.3 is 0 Å². The van der Waals surface area contributed by atoms with Crippen molar-refractivity contribution >= 4 is 5.91 Å². The second kappa shape index (κ2) is 12.9. The number of hydrogen-bond donors (Lipinski definition) is 3. The van der Waals surface area contributed by atoms with E-state index in [1.807, 2.05) is 72.8 Å². The normalized spacial score (nSPS) is 13.9. The summed E-state index contributed by atoms with van der Waals surface area (Å²) in [6.45, 7) is 3.04. The summed E-state index contributed by atoms with van der Waals surface area (Å²) in [7, 11) is 0. The number of aliphatic hydroxyl groups is 2. The van der Waals surface area contributed by atoms with Gasteiger partial charge in [-0.25, -0.2) is 0 Å². The lowest BCUT2D eigenvalue weighted by atomic mass is 10.0. The Bertz CT molecular complexity index is 996. The van der Waals surface area contributed by atoms with Gasteiger partial charge in [0.2, 0.25) is 5.91 Å². The van der Waals surface area contributed by atoms with Crippen molar-refractivity contribution in [1.29, 1.82) is 0 Å². The Kier molecular flexibility index (Phi) is 9.64. The second-order valence-electron chi connectivity index (χ2n) is 8.61. The van der Waals surface area contributed by atoms with Crippen LogP contribution in [0, 0.1) is 0 Å². The Morgan fingerprint density at radius 3 is 2.15 bits per heavy atom. The molecule has 0 saturated heterocycles. The molecule has 3 rings (SSSR count). The molecule has 0 bridgehead atoms. The molecule has 0 aliphatic rings. The SMILES string of the molecule is C[C@H](CCc1ccc(C(N)=O)cc1)N(CC(O)COc1ccccc1)C[C@H](O)c1ccccc1. The Balaban J connectivity index is 1.62. The molecule has 0 aromatic heterocycles. The number of hydrogen-bond acceptors (Lipinski definition) is 5. The highest BCUT2D eigenvalue weighted by Crippen LogP contribution is 2.19. The molecule has 0 spiro atoms. The van der Waals surface area contributed by atoms with Gasteiger partial charge in [0.05, 0.1) is 6.10 Å². The van der Waals surface area contributed by atoms with E-state index in [2.05, 4.69) is 11.8 Å². The molecule has 3 atom stereocenters. The lowest BCUT2D eigenvalue weighted by Crippen LogP contribution is -2.43. The minimum Gasteiger partial charge on any atom is -0.491 e. The van der Waals surface area contributed by atoms with Gasteiger partial charge in [-0.2, -0.15) is 0 Å². The van der Waals surface area contributed by atoms with Crippen LogP contribution in [0.15, 0.2) is 84.9 Å². The quantitative estimate of drug-likeness (QED) is 0.361. The van der Waals surface area contributed by atoms with Crippen LogP contribution in [0.25, 0.3) is 0 Å². The van der Waals surface area contributed by atoms with Gasteiger partial charge in [0.25, 0.3) is 0 Å². The molecular formula is C28H34N2O4. The number of aryl methyl sites for hydroxylation is 1. The largest absolute Gasteiger partial charge is 0.491 e. The Hall–Kier alpha value is -3.19. The number of rotatable bonds is 13. The summed E-state index contributed by atoms with van der Waals surface area (Å²) in [5.74, 6) is 0.276. The van der Waals surface area contributed by atoms with Crippen LogP contribution in [0.4, 0.5) is 0 Å². The number of aliphatic hydroxyl groups excluding tert-OH is 2. The highest BCUT2D eigenvalue weighted by molar-refractivity contribution is 5.92. The molecular weight excluding hydrogens is 428 g/mol. The smallest absolute Gasteiger partial charge is 0.248 e. The molecule has 3 aromatic carbocycles. The molecule has 0 aliphatic carbocycles. The summed E-state index contributed by atoms with van der Waals surface area (Å²) < 4.78 is 5.72. The Labute approximate surface area is 201 Å². The molecule has 4 N–H and O–H groups in total. The van der Waals surface area contributed by atoms with Crippen LogP contribution in [-0.2, 0) is 6.42 Å². The molecule has 0 saturated carbocycles. The first-order chi connectivity index (χ1) is 16.4. The monoisotopic (exact) mass is 462 g/mol. The van der Waals surface area contributed by atoms with Gasteiger partial charge < -0.3 is 20.7 Å². The predicted octanol–water partition coefficient (Wildman–Crippen LogP) is 3.58. The maximum atomic E-state index is 11.3. The maximum absolute atomic E-state index is 11.3. The summed E-state index contributed by atoms with van der Waals surface area (Å²) in [4.78, 5) is 13.4. The number of nitrogens with two attached hydrogens (primary N) is 1. The topological polar surface area (TPSA) is 96.0 Å². The lowest BCUT2D eigenvalue weighted by Gasteiger charge is -2.33. The molecule has 180 valence electrons. The first kappa shape index (κ1) is 25.4. The minimum atomic E-state index is -0.708. The molecule has 0 radical (unpaired) electrons. The molecule has 3 aromatic rings. The molecule has 0 heterocycles. The predicted molar refractivity (Wildman–Crippen MR) is 134 cm³/mol. The fraction of sp³-hybridized carbons (Fsp3) is 0.321. The summed E-state index contributed by atoms with van der Waals surface area (Å²) in [6, 6.07) is 26.4. The van der Waals surface area contributed by atoms with E-state index >= 15 is 0 Å². The van der Waals surface area contributed by atoms with Crippen molar-refractivity contribution in [2.24, 2.45) is 5.73 Å². The molecule has 0 fully saturated rings. The first-order valence-corrected chi connectivity index (χ1v) is 11.6. The van der Waals surface area contributed by atoms with Crippen LogP contribution < -0.4 is 10.5 Å². The van der Waals surface area contributed by atoms with Gasteiger partial charge in [-0.3, -0.25) is 9.69 Å². The van der Waals surface area contributed by atoms with Crippen LogP contribution in [0.2, 0.25) is 0 Å². The third kappa shape index (κ3) is 7.99. The molecule has 1 amide bonds. The summed E-state index contributed by atoms with van der Waals surface area (Å²) in [5.41, 5.74) is 7.77. The second-order valence-corrected chi connectivity index (χ2v) is 8.61. The molecule has 34 heavy (non-hydrogen) atoms. The van der Waals surface area contributed by atoms with Crippen molar-refractivity contribution in [3.8, 4) is 5.75 Å². The number of para-hydroxylation sites is 1. The van der Waals surface area contributed by atoms with E-state index in [0.29, 0.717) is 24.4 Å². The first-order valence-electron chi connectivity index (χ1n) is 11.6. The maximum Gasteiger partial charge on any atom is 0.248 e. The number of carbonyl (C=O) groups excluding carboxylic acids is 1. The summed E-state index contributed by atoms with van der Waals surface area (Å²) in [6.07, 6.45) is 0.250. The lowest BCUT2D eigenvalue weighted by molar-refractivity contribution is 0.0275. The van der Waals surface area contributed by atoms with Crippen molar-refractivity contribution in [1.82, 2.24) is 4.90 Å². The third-order valence-electron chi connectivity index (χ3n) is 5.94.